The molecule has 6 nitrogen and oxygen atoms in total. The van der Waals surface area contributed by atoms with E-state index in [0.29, 0.717) is 42.4 Å². The summed E-state index contributed by atoms with van der Waals surface area (Å²) >= 11 is 6.13. The molecule has 2 aliphatic rings. The number of halogens is 1. The fraction of sp³-hybridized carbons (Fsp3) is 0.480. The minimum atomic E-state index is -0.156. The highest BCUT2D eigenvalue weighted by molar-refractivity contribution is 6.30. The van der Waals surface area contributed by atoms with Crippen molar-refractivity contribution in [2.75, 3.05) is 26.2 Å². The van der Waals surface area contributed by atoms with Gasteiger partial charge in [-0.05, 0) is 56.0 Å². The van der Waals surface area contributed by atoms with Crippen LogP contribution in [-0.2, 0) is 4.79 Å². The third kappa shape index (κ3) is 5.41. The highest BCUT2D eigenvalue weighted by atomic mass is 35.5. The molecule has 2 atom stereocenters. The van der Waals surface area contributed by atoms with Crippen LogP contribution in [0.4, 0.5) is 0 Å². The zero-order chi connectivity index (χ0) is 22.5. The van der Waals surface area contributed by atoms with Crippen LogP contribution >= 0.6 is 11.6 Å². The number of hydrogen-bond donors (Lipinski definition) is 0. The van der Waals surface area contributed by atoms with Crippen molar-refractivity contribution in [3.05, 3.63) is 58.9 Å². The maximum absolute atomic E-state index is 13.2. The second kappa shape index (κ2) is 10.3. The van der Waals surface area contributed by atoms with Gasteiger partial charge in [-0.25, -0.2) is 0 Å². The van der Waals surface area contributed by atoms with E-state index in [4.69, 9.17) is 16.3 Å². The fourth-order valence-electron chi connectivity index (χ4n) is 4.62. The number of benzene rings is 1. The van der Waals surface area contributed by atoms with Crippen LogP contribution < -0.4 is 4.74 Å². The number of aryl methyl sites for hydroxylation is 1. The summed E-state index contributed by atoms with van der Waals surface area (Å²) in [7, 11) is 0. The fourth-order valence-corrected chi connectivity index (χ4v) is 4.80. The number of pyridine rings is 1. The lowest BCUT2D eigenvalue weighted by molar-refractivity contribution is -0.134. The quantitative estimate of drug-likeness (QED) is 0.672. The zero-order valence-corrected chi connectivity index (χ0v) is 19.3. The molecular formula is C25H30ClN3O3. The van der Waals surface area contributed by atoms with Crippen LogP contribution in [0.15, 0.2) is 42.6 Å². The number of carbonyl (C=O) groups is 2. The van der Waals surface area contributed by atoms with Crippen molar-refractivity contribution in [3.8, 4) is 5.75 Å². The van der Waals surface area contributed by atoms with Crippen LogP contribution in [-0.4, -0.2) is 58.9 Å². The monoisotopic (exact) mass is 455 g/mol. The molecule has 0 unspecified atom stereocenters. The molecule has 32 heavy (non-hydrogen) atoms. The van der Waals surface area contributed by atoms with Crippen molar-refractivity contribution in [2.45, 2.75) is 45.1 Å². The number of carbonyl (C=O) groups excluding carboxylic acids is 2. The summed E-state index contributed by atoms with van der Waals surface area (Å²) in [5.41, 5.74) is 1.33. The third-order valence-electron chi connectivity index (χ3n) is 6.39. The molecule has 0 spiro atoms. The molecule has 2 aliphatic heterocycles. The Kier molecular flexibility index (Phi) is 7.30. The largest absolute Gasteiger partial charge is 0.490 e. The predicted molar refractivity (Wildman–Crippen MR) is 124 cm³/mol. The Balaban J connectivity index is 1.50. The molecule has 170 valence electrons. The first-order chi connectivity index (χ1) is 15.5. The van der Waals surface area contributed by atoms with E-state index < -0.39 is 0 Å². The van der Waals surface area contributed by atoms with E-state index in [2.05, 4.69) is 4.98 Å². The van der Waals surface area contributed by atoms with Gasteiger partial charge < -0.3 is 14.5 Å². The first kappa shape index (κ1) is 22.6. The summed E-state index contributed by atoms with van der Waals surface area (Å²) < 4.78 is 6.29. The van der Waals surface area contributed by atoms with Gasteiger partial charge in [0.15, 0.2) is 0 Å². The first-order valence-corrected chi connectivity index (χ1v) is 11.8. The third-order valence-corrected chi connectivity index (χ3v) is 6.63. The summed E-state index contributed by atoms with van der Waals surface area (Å²) in [5, 5.41) is 0.613. The summed E-state index contributed by atoms with van der Waals surface area (Å²) in [6.45, 7) is 4.57. The minimum absolute atomic E-state index is 0.0836. The van der Waals surface area contributed by atoms with Crippen LogP contribution in [0, 0.1) is 12.8 Å². The summed E-state index contributed by atoms with van der Waals surface area (Å²) in [4.78, 5) is 34.3. The summed E-state index contributed by atoms with van der Waals surface area (Å²) in [6.07, 6.45) is 5.81. The average Bonchev–Trinajstić information content (AvgIpc) is 2.80. The van der Waals surface area contributed by atoms with Crippen LogP contribution in [0.1, 0.15) is 48.2 Å². The zero-order valence-electron chi connectivity index (χ0n) is 18.5. The van der Waals surface area contributed by atoms with Crippen LogP contribution in [0.2, 0.25) is 5.02 Å². The van der Waals surface area contributed by atoms with Gasteiger partial charge in [-0.2, -0.15) is 0 Å². The smallest absolute Gasteiger partial charge is 0.272 e. The predicted octanol–water partition coefficient (Wildman–Crippen LogP) is 4.36. The summed E-state index contributed by atoms with van der Waals surface area (Å²) in [5.74, 6) is 0.667. The van der Waals surface area contributed by atoms with Gasteiger partial charge in [-0.1, -0.05) is 23.7 Å². The number of nitrogens with zero attached hydrogens (tertiary/aromatic N) is 3. The Morgan fingerprint density at radius 1 is 1.09 bits per heavy atom. The number of hydrogen-bond acceptors (Lipinski definition) is 4. The number of rotatable bonds is 5. The molecule has 1 aromatic heterocycles. The highest BCUT2D eigenvalue weighted by Crippen LogP contribution is 2.29. The summed E-state index contributed by atoms with van der Waals surface area (Å²) in [6, 6.07) is 11.1. The van der Waals surface area contributed by atoms with Crippen molar-refractivity contribution in [1.82, 2.24) is 14.8 Å². The van der Waals surface area contributed by atoms with Gasteiger partial charge in [0.2, 0.25) is 5.91 Å². The van der Waals surface area contributed by atoms with Crippen molar-refractivity contribution in [3.63, 3.8) is 0 Å². The number of aromatic nitrogens is 1. The van der Waals surface area contributed by atoms with Gasteiger partial charge in [0.1, 0.15) is 17.5 Å². The molecule has 0 N–H and O–H groups in total. The van der Waals surface area contributed by atoms with Crippen LogP contribution in [0.3, 0.4) is 0 Å². The first-order valence-electron chi connectivity index (χ1n) is 11.4. The molecule has 2 saturated heterocycles. The number of amides is 2. The van der Waals surface area contributed by atoms with Gasteiger partial charge in [-0.15, -0.1) is 0 Å². The van der Waals surface area contributed by atoms with E-state index >= 15 is 0 Å². The van der Waals surface area contributed by atoms with Gasteiger partial charge in [0, 0.05) is 56.2 Å². The Hall–Kier alpha value is -2.60. The molecular weight excluding hydrogens is 426 g/mol. The Bertz CT molecular complexity index is 961. The van der Waals surface area contributed by atoms with Crippen LogP contribution in [0.5, 0.6) is 5.75 Å². The SMILES string of the molecule is Cc1cccnc1C(=O)N1CC[C@H](Oc2cccc(Cl)c2)[C@@H](CC(=O)N2CCCCC2)C1. The Labute approximate surface area is 194 Å². The van der Waals surface area contributed by atoms with Crippen molar-refractivity contribution < 1.29 is 14.3 Å². The molecule has 0 aliphatic carbocycles. The molecule has 7 heteroatoms. The van der Waals surface area contributed by atoms with Crippen molar-refractivity contribution >= 4 is 23.4 Å². The molecule has 4 rings (SSSR count). The normalized spacial score (nSPS) is 21.3. The molecule has 0 radical (unpaired) electrons. The van der Waals surface area contributed by atoms with Gasteiger partial charge >= 0.3 is 0 Å². The number of piperidine rings is 2. The molecule has 0 bridgehead atoms. The maximum Gasteiger partial charge on any atom is 0.272 e. The van der Waals surface area contributed by atoms with Gasteiger partial charge in [0.05, 0.1) is 0 Å². The van der Waals surface area contributed by atoms with E-state index in [-0.39, 0.29) is 23.8 Å². The Morgan fingerprint density at radius 3 is 2.66 bits per heavy atom. The molecule has 2 aromatic rings. The van der Waals surface area contributed by atoms with Gasteiger partial charge in [-0.3, -0.25) is 14.6 Å². The molecule has 0 saturated carbocycles. The minimum Gasteiger partial charge on any atom is -0.490 e. The van der Waals surface area contributed by atoms with E-state index in [1.54, 1.807) is 12.3 Å². The molecule has 1 aromatic carbocycles. The number of ether oxygens (including phenoxy) is 1. The van der Waals surface area contributed by atoms with Gasteiger partial charge in [0.25, 0.3) is 5.91 Å². The second-order valence-electron chi connectivity index (χ2n) is 8.73. The molecule has 3 heterocycles. The molecule has 2 fully saturated rings. The van der Waals surface area contributed by atoms with E-state index in [9.17, 15) is 9.59 Å². The van der Waals surface area contributed by atoms with Crippen LogP contribution in [0.25, 0.3) is 0 Å². The van der Waals surface area contributed by atoms with Crippen molar-refractivity contribution in [1.29, 1.82) is 0 Å². The standard InChI is InChI=1S/C25H30ClN3O3/c1-18-7-6-11-27-24(18)25(31)29-14-10-22(32-21-9-5-8-20(26)16-21)19(17-29)15-23(30)28-12-3-2-4-13-28/h5-9,11,16,19,22H,2-4,10,12-15,17H2,1H3/t19-,22-/m0/s1. The maximum atomic E-state index is 13.2. The lowest BCUT2D eigenvalue weighted by Crippen LogP contribution is -2.50. The Morgan fingerprint density at radius 2 is 1.91 bits per heavy atom. The van der Waals surface area contributed by atoms with E-state index in [0.717, 1.165) is 31.5 Å². The van der Waals surface area contributed by atoms with E-state index in [1.165, 1.54) is 6.42 Å². The highest BCUT2D eigenvalue weighted by Gasteiger charge is 2.36. The lowest BCUT2D eigenvalue weighted by Gasteiger charge is -2.39. The topological polar surface area (TPSA) is 62.7 Å². The average molecular weight is 456 g/mol. The lowest BCUT2D eigenvalue weighted by atomic mass is 9.90. The molecule has 2 amide bonds. The van der Waals surface area contributed by atoms with E-state index in [1.807, 2.05) is 47.1 Å². The number of likely N-dealkylation sites (tertiary alicyclic amines) is 2. The second-order valence-corrected chi connectivity index (χ2v) is 9.16. The van der Waals surface area contributed by atoms with Crippen molar-refractivity contribution in [2.24, 2.45) is 5.92 Å².